The first kappa shape index (κ1) is 11.0. The van der Waals surface area contributed by atoms with Gasteiger partial charge < -0.3 is 0 Å². The van der Waals surface area contributed by atoms with Gasteiger partial charge in [0, 0.05) is 17.2 Å². The maximum absolute atomic E-state index is 4.78. The van der Waals surface area contributed by atoms with Gasteiger partial charge in [-0.2, -0.15) is 0 Å². The third-order valence-electron chi connectivity index (χ3n) is 3.20. The van der Waals surface area contributed by atoms with Crippen LogP contribution in [0.1, 0.15) is 18.0 Å². The normalized spacial score (nSPS) is 17.9. The summed E-state index contributed by atoms with van der Waals surface area (Å²) in [6, 6.07) is 16.6. The van der Waals surface area contributed by atoms with Crippen LogP contribution < -0.4 is 0 Å². The summed E-state index contributed by atoms with van der Waals surface area (Å²) in [4.78, 5) is 4.78. The molecule has 1 unspecified atom stereocenters. The molecule has 88 valence electrons. The van der Waals surface area contributed by atoms with Crippen molar-refractivity contribution in [3.8, 4) is 11.3 Å². The molecular formula is C17H15N. The van der Waals surface area contributed by atoms with Crippen LogP contribution in [0.25, 0.3) is 11.3 Å². The Kier molecular flexibility index (Phi) is 3.05. The van der Waals surface area contributed by atoms with Gasteiger partial charge in [0.25, 0.3) is 0 Å². The van der Waals surface area contributed by atoms with Gasteiger partial charge in [0.15, 0.2) is 0 Å². The average Bonchev–Trinajstić information content (AvgIpc) is 2.49. The molecule has 0 saturated carbocycles. The van der Waals surface area contributed by atoms with Gasteiger partial charge in [-0.15, -0.1) is 0 Å². The third-order valence-corrected chi connectivity index (χ3v) is 3.20. The molecule has 18 heavy (non-hydrogen) atoms. The summed E-state index contributed by atoms with van der Waals surface area (Å²) >= 11 is 0. The Hall–Kier alpha value is -2.15. The van der Waals surface area contributed by atoms with Crippen LogP contribution in [0.5, 0.6) is 0 Å². The highest BCUT2D eigenvalue weighted by Gasteiger charge is 2.10. The predicted octanol–water partition coefficient (Wildman–Crippen LogP) is 4.35. The van der Waals surface area contributed by atoms with Crippen molar-refractivity contribution >= 4 is 0 Å². The average molecular weight is 233 g/mol. The molecule has 0 bridgehead atoms. The Bertz CT molecular complexity index is 582. The molecule has 1 nitrogen and oxygen atoms in total. The Morgan fingerprint density at radius 1 is 0.889 bits per heavy atom. The first-order chi connectivity index (χ1) is 8.93. The van der Waals surface area contributed by atoms with E-state index in [9.17, 15) is 0 Å². The van der Waals surface area contributed by atoms with E-state index in [1.165, 1.54) is 5.56 Å². The Labute approximate surface area is 108 Å². The molecule has 1 aromatic carbocycles. The van der Waals surface area contributed by atoms with E-state index in [0.717, 1.165) is 17.8 Å². The molecule has 0 aliphatic heterocycles. The lowest BCUT2D eigenvalue weighted by molar-refractivity contribution is 0.817. The monoisotopic (exact) mass is 233 g/mol. The Morgan fingerprint density at radius 2 is 1.78 bits per heavy atom. The Morgan fingerprint density at radius 3 is 2.56 bits per heavy atom. The lowest BCUT2D eigenvalue weighted by atomic mass is 9.96. The van der Waals surface area contributed by atoms with Gasteiger partial charge in [0.1, 0.15) is 0 Å². The number of pyridine rings is 1. The molecule has 1 heteroatoms. The molecule has 3 rings (SSSR count). The summed E-state index contributed by atoms with van der Waals surface area (Å²) in [7, 11) is 0. The van der Waals surface area contributed by atoms with E-state index in [4.69, 9.17) is 4.98 Å². The van der Waals surface area contributed by atoms with Crippen LogP contribution >= 0.6 is 0 Å². The lowest BCUT2D eigenvalue weighted by Crippen LogP contribution is -2.00. The molecule has 1 atom stereocenters. The summed E-state index contributed by atoms with van der Waals surface area (Å²) in [5.41, 5.74) is 3.38. The summed E-state index contributed by atoms with van der Waals surface area (Å²) in [6.45, 7) is 0. The number of benzene rings is 1. The molecule has 1 aliphatic carbocycles. The van der Waals surface area contributed by atoms with Gasteiger partial charge in [-0.3, -0.25) is 4.98 Å². The van der Waals surface area contributed by atoms with Crippen molar-refractivity contribution < 1.29 is 0 Å². The van der Waals surface area contributed by atoms with Gasteiger partial charge in [-0.1, -0.05) is 60.7 Å². The van der Waals surface area contributed by atoms with E-state index in [1.54, 1.807) is 0 Å². The highest BCUT2D eigenvalue weighted by molar-refractivity contribution is 5.59. The van der Waals surface area contributed by atoms with Crippen molar-refractivity contribution in [2.75, 3.05) is 0 Å². The van der Waals surface area contributed by atoms with Crippen LogP contribution in [-0.4, -0.2) is 4.98 Å². The minimum absolute atomic E-state index is 0.415. The summed E-state index contributed by atoms with van der Waals surface area (Å²) < 4.78 is 0. The van der Waals surface area contributed by atoms with Crippen molar-refractivity contribution in [3.05, 3.63) is 78.5 Å². The first-order valence-corrected chi connectivity index (χ1v) is 6.29. The van der Waals surface area contributed by atoms with Crippen LogP contribution in [0, 0.1) is 0 Å². The zero-order chi connectivity index (χ0) is 12.2. The molecule has 0 fully saturated rings. The number of hydrogen-bond acceptors (Lipinski definition) is 1. The molecule has 0 N–H and O–H groups in total. The van der Waals surface area contributed by atoms with Gasteiger partial charge in [0.05, 0.1) is 5.69 Å². The zero-order valence-corrected chi connectivity index (χ0v) is 10.2. The molecule has 1 aromatic heterocycles. The van der Waals surface area contributed by atoms with Crippen LogP contribution in [-0.2, 0) is 0 Å². The van der Waals surface area contributed by atoms with Crippen molar-refractivity contribution in [1.82, 2.24) is 4.98 Å². The number of rotatable bonds is 2. The van der Waals surface area contributed by atoms with E-state index >= 15 is 0 Å². The molecule has 0 amide bonds. The van der Waals surface area contributed by atoms with Gasteiger partial charge in [-0.25, -0.2) is 0 Å². The predicted molar refractivity (Wildman–Crippen MR) is 75.3 cm³/mol. The van der Waals surface area contributed by atoms with Crippen LogP contribution in [0.15, 0.2) is 72.8 Å². The number of allylic oxidation sites excluding steroid dienone is 4. The molecule has 1 heterocycles. The zero-order valence-electron chi connectivity index (χ0n) is 10.2. The van der Waals surface area contributed by atoms with Crippen LogP contribution in [0.3, 0.4) is 0 Å². The quantitative estimate of drug-likeness (QED) is 0.751. The third kappa shape index (κ3) is 2.25. The summed E-state index contributed by atoms with van der Waals surface area (Å²) in [6.07, 6.45) is 9.66. The number of nitrogens with zero attached hydrogens (tertiary/aromatic N) is 1. The Balaban J connectivity index is 1.94. The smallest absolute Gasteiger partial charge is 0.0705 e. The van der Waals surface area contributed by atoms with Crippen molar-refractivity contribution in [2.24, 2.45) is 0 Å². The van der Waals surface area contributed by atoms with E-state index in [1.807, 2.05) is 18.2 Å². The number of aromatic nitrogens is 1. The van der Waals surface area contributed by atoms with Gasteiger partial charge in [-0.05, 0) is 18.6 Å². The molecule has 2 aromatic rings. The maximum Gasteiger partial charge on any atom is 0.0705 e. The van der Waals surface area contributed by atoms with E-state index in [-0.39, 0.29) is 0 Å². The second kappa shape index (κ2) is 5.01. The van der Waals surface area contributed by atoms with E-state index in [2.05, 4.69) is 54.6 Å². The second-order valence-corrected chi connectivity index (χ2v) is 4.47. The van der Waals surface area contributed by atoms with Gasteiger partial charge in [0.2, 0.25) is 0 Å². The lowest BCUT2D eigenvalue weighted by Gasteiger charge is -2.13. The topological polar surface area (TPSA) is 12.9 Å². The van der Waals surface area contributed by atoms with Crippen LogP contribution in [0.4, 0.5) is 0 Å². The van der Waals surface area contributed by atoms with Crippen molar-refractivity contribution in [3.63, 3.8) is 0 Å². The summed E-state index contributed by atoms with van der Waals surface area (Å²) in [5.74, 6) is 0.415. The summed E-state index contributed by atoms with van der Waals surface area (Å²) in [5, 5.41) is 0. The highest BCUT2D eigenvalue weighted by atomic mass is 14.7. The fraction of sp³-hybridized carbons (Fsp3) is 0.118. The van der Waals surface area contributed by atoms with E-state index < -0.39 is 0 Å². The van der Waals surface area contributed by atoms with Crippen molar-refractivity contribution in [1.29, 1.82) is 0 Å². The molecule has 1 aliphatic rings. The number of hydrogen-bond donors (Lipinski definition) is 0. The van der Waals surface area contributed by atoms with Gasteiger partial charge >= 0.3 is 0 Å². The minimum Gasteiger partial charge on any atom is -0.252 e. The maximum atomic E-state index is 4.78. The highest BCUT2D eigenvalue weighted by Crippen LogP contribution is 2.25. The van der Waals surface area contributed by atoms with E-state index in [0.29, 0.717) is 5.92 Å². The fourth-order valence-electron chi connectivity index (χ4n) is 2.23. The minimum atomic E-state index is 0.415. The molecule has 0 spiro atoms. The standard InChI is InChI=1S/C17H15N/c1-3-8-14(9-4-1)16-12-7-13-17(18-16)15-10-5-2-6-11-15/h1-10,12-13,15H,11H2. The first-order valence-electron chi connectivity index (χ1n) is 6.29. The SMILES string of the molecule is C1=CCC(c2cccc(-c3ccccc3)n2)C=C1. The van der Waals surface area contributed by atoms with Crippen molar-refractivity contribution in [2.45, 2.75) is 12.3 Å². The fourth-order valence-corrected chi connectivity index (χ4v) is 2.23. The molecule has 0 saturated heterocycles. The molecule has 0 radical (unpaired) electrons. The molecular weight excluding hydrogens is 218 g/mol. The van der Waals surface area contributed by atoms with Crippen LogP contribution in [0.2, 0.25) is 0 Å². The largest absolute Gasteiger partial charge is 0.252 e. The second-order valence-electron chi connectivity index (χ2n) is 4.47.